The standard InChI is InChI=1S/C7H12O4/c1-9-7(8)2-3-11-6-4-10-5-6/h6H,2-5H2,1H3. The van der Waals surface area contributed by atoms with Crippen molar-refractivity contribution < 1.29 is 19.0 Å². The lowest BCUT2D eigenvalue weighted by molar-refractivity contribution is -0.149. The topological polar surface area (TPSA) is 44.8 Å². The van der Waals surface area contributed by atoms with Crippen molar-refractivity contribution in [3.05, 3.63) is 0 Å². The van der Waals surface area contributed by atoms with Gasteiger partial charge in [0.1, 0.15) is 6.10 Å². The van der Waals surface area contributed by atoms with Crippen molar-refractivity contribution >= 4 is 5.97 Å². The van der Waals surface area contributed by atoms with Crippen LogP contribution >= 0.6 is 0 Å². The van der Waals surface area contributed by atoms with Gasteiger partial charge in [0, 0.05) is 0 Å². The van der Waals surface area contributed by atoms with Crippen molar-refractivity contribution in [2.45, 2.75) is 12.5 Å². The molecule has 0 amide bonds. The molecule has 0 aromatic rings. The van der Waals surface area contributed by atoms with Crippen molar-refractivity contribution in [3.8, 4) is 0 Å². The van der Waals surface area contributed by atoms with Gasteiger partial charge in [0.25, 0.3) is 0 Å². The number of methoxy groups -OCH3 is 1. The molecule has 1 aliphatic heterocycles. The number of carbonyl (C=O) groups excluding carboxylic acids is 1. The summed E-state index contributed by atoms with van der Waals surface area (Å²) in [5, 5.41) is 0. The number of esters is 1. The molecule has 0 atom stereocenters. The summed E-state index contributed by atoms with van der Waals surface area (Å²) >= 11 is 0. The van der Waals surface area contributed by atoms with Crippen LogP contribution in [0.4, 0.5) is 0 Å². The summed E-state index contributed by atoms with van der Waals surface area (Å²) in [6.07, 6.45) is 0.521. The smallest absolute Gasteiger partial charge is 0.307 e. The third-order valence-corrected chi connectivity index (χ3v) is 1.49. The second-order valence-corrected chi connectivity index (χ2v) is 2.36. The molecule has 0 spiro atoms. The SMILES string of the molecule is COC(=O)CCOC1COC1. The van der Waals surface area contributed by atoms with Crippen LogP contribution in [0.1, 0.15) is 6.42 Å². The maximum absolute atomic E-state index is 10.6. The van der Waals surface area contributed by atoms with E-state index in [0.29, 0.717) is 26.2 Å². The van der Waals surface area contributed by atoms with Crippen molar-refractivity contribution in [1.82, 2.24) is 0 Å². The first-order chi connectivity index (χ1) is 5.33. The van der Waals surface area contributed by atoms with Gasteiger partial charge in [-0.2, -0.15) is 0 Å². The van der Waals surface area contributed by atoms with E-state index in [1.807, 2.05) is 0 Å². The lowest BCUT2D eigenvalue weighted by atomic mass is 10.3. The Hall–Kier alpha value is -0.610. The minimum atomic E-state index is -0.231. The van der Waals surface area contributed by atoms with E-state index in [9.17, 15) is 4.79 Å². The summed E-state index contributed by atoms with van der Waals surface area (Å²) < 4.78 is 14.5. The van der Waals surface area contributed by atoms with Gasteiger partial charge in [0.15, 0.2) is 0 Å². The van der Waals surface area contributed by atoms with Gasteiger partial charge in [0.2, 0.25) is 0 Å². The zero-order chi connectivity index (χ0) is 8.10. The molecule has 0 saturated carbocycles. The molecule has 0 aliphatic carbocycles. The Morgan fingerprint density at radius 1 is 1.64 bits per heavy atom. The van der Waals surface area contributed by atoms with E-state index >= 15 is 0 Å². The molecule has 11 heavy (non-hydrogen) atoms. The first-order valence-corrected chi connectivity index (χ1v) is 3.59. The predicted molar refractivity (Wildman–Crippen MR) is 37.2 cm³/mol. The quantitative estimate of drug-likeness (QED) is 0.541. The summed E-state index contributed by atoms with van der Waals surface area (Å²) in [5.74, 6) is -0.231. The van der Waals surface area contributed by atoms with E-state index < -0.39 is 0 Å². The van der Waals surface area contributed by atoms with Gasteiger partial charge in [-0.05, 0) is 0 Å². The molecule has 1 aliphatic rings. The summed E-state index contributed by atoms with van der Waals surface area (Å²) in [6.45, 7) is 1.74. The van der Waals surface area contributed by atoms with E-state index in [0.717, 1.165) is 0 Å². The van der Waals surface area contributed by atoms with E-state index in [2.05, 4.69) is 4.74 Å². The maximum Gasteiger partial charge on any atom is 0.307 e. The average Bonchev–Trinajstić information content (AvgIpc) is 1.94. The van der Waals surface area contributed by atoms with Crippen LogP contribution < -0.4 is 0 Å². The summed E-state index contributed by atoms with van der Waals surface area (Å²) in [6, 6.07) is 0. The lowest BCUT2D eigenvalue weighted by Crippen LogP contribution is -2.36. The predicted octanol–water partition coefficient (Wildman–Crippen LogP) is -0.0351. The zero-order valence-electron chi connectivity index (χ0n) is 6.54. The molecule has 0 unspecified atom stereocenters. The Kier molecular flexibility index (Phi) is 3.32. The van der Waals surface area contributed by atoms with Crippen LogP contribution in [0.3, 0.4) is 0 Å². The molecule has 0 aromatic carbocycles. The normalized spacial score (nSPS) is 17.5. The molecule has 1 rings (SSSR count). The highest BCUT2D eigenvalue weighted by atomic mass is 16.6. The molecule has 64 valence electrons. The molecule has 0 aromatic heterocycles. The van der Waals surface area contributed by atoms with E-state index in [4.69, 9.17) is 9.47 Å². The second-order valence-electron chi connectivity index (χ2n) is 2.36. The number of ether oxygens (including phenoxy) is 3. The second kappa shape index (κ2) is 4.31. The van der Waals surface area contributed by atoms with Gasteiger partial charge < -0.3 is 14.2 Å². The Morgan fingerprint density at radius 2 is 2.36 bits per heavy atom. The van der Waals surface area contributed by atoms with Crippen LogP contribution in [0.25, 0.3) is 0 Å². The fraction of sp³-hybridized carbons (Fsp3) is 0.857. The first kappa shape index (κ1) is 8.49. The van der Waals surface area contributed by atoms with Crippen LogP contribution in [0.15, 0.2) is 0 Å². The van der Waals surface area contributed by atoms with Gasteiger partial charge in [-0.15, -0.1) is 0 Å². The Bertz CT molecular complexity index is 130. The number of hydrogen-bond donors (Lipinski definition) is 0. The molecule has 0 N–H and O–H groups in total. The van der Waals surface area contributed by atoms with Crippen LogP contribution in [-0.2, 0) is 19.0 Å². The fourth-order valence-electron chi connectivity index (χ4n) is 0.721. The van der Waals surface area contributed by atoms with E-state index in [1.165, 1.54) is 7.11 Å². The maximum atomic E-state index is 10.6. The van der Waals surface area contributed by atoms with Crippen LogP contribution in [0, 0.1) is 0 Å². The highest BCUT2D eigenvalue weighted by Gasteiger charge is 2.18. The van der Waals surface area contributed by atoms with Gasteiger partial charge in [-0.3, -0.25) is 4.79 Å². The molecule has 4 nitrogen and oxygen atoms in total. The van der Waals surface area contributed by atoms with Gasteiger partial charge in [-0.1, -0.05) is 0 Å². The van der Waals surface area contributed by atoms with Crippen molar-refractivity contribution in [2.75, 3.05) is 26.9 Å². The highest BCUT2D eigenvalue weighted by molar-refractivity contribution is 5.69. The van der Waals surface area contributed by atoms with Crippen LogP contribution in [0.2, 0.25) is 0 Å². The van der Waals surface area contributed by atoms with Crippen molar-refractivity contribution in [2.24, 2.45) is 0 Å². The zero-order valence-corrected chi connectivity index (χ0v) is 6.54. The average molecular weight is 160 g/mol. The van der Waals surface area contributed by atoms with Crippen LogP contribution in [0.5, 0.6) is 0 Å². The lowest BCUT2D eigenvalue weighted by Gasteiger charge is -2.25. The number of carbonyl (C=O) groups is 1. The Labute approximate surface area is 65.4 Å². The third kappa shape index (κ3) is 2.86. The molecule has 1 fully saturated rings. The molecule has 0 bridgehead atoms. The number of rotatable bonds is 4. The summed E-state index contributed by atoms with van der Waals surface area (Å²) in [4.78, 5) is 10.6. The number of hydrogen-bond acceptors (Lipinski definition) is 4. The van der Waals surface area contributed by atoms with E-state index in [-0.39, 0.29) is 12.1 Å². The Morgan fingerprint density at radius 3 is 2.82 bits per heavy atom. The van der Waals surface area contributed by atoms with E-state index in [1.54, 1.807) is 0 Å². The Balaban J connectivity index is 1.90. The molecule has 1 saturated heterocycles. The first-order valence-electron chi connectivity index (χ1n) is 3.59. The van der Waals surface area contributed by atoms with Crippen molar-refractivity contribution in [3.63, 3.8) is 0 Å². The molecule has 0 radical (unpaired) electrons. The fourth-order valence-corrected chi connectivity index (χ4v) is 0.721. The third-order valence-electron chi connectivity index (χ3n) is 1.49. The summed E-state index contributed by atoms with van der Waals surface area (Å²) in [7, 11) is 1.37. The van der Waals surface area contributed by atoms with Gasteiger partial charge in [-0.25, -0.2) is 0 Å². The highest BCUT2D eigenvalue weighted by Crippen LogP contribution is 2.05. The largest absolute Gasteiger partial charge is 0.469 e. The van der Waals surface area contributed by atoms with Gasteiger partial charge in [0.05, 0.1) is 33.4 Å². The summed E-state index contributed by atoms with van der Waals surface area (Å²) in [5.41, 5.74) is 0. The monoisotopic (exact) mass is 160 g/mol. The molecule has 4 heteroatoms. The van der Waals surface area contributed by atoms with Gasteiger partial charge >= 0.3 is 5.97 Å². The van der Waals surface area contributed by atoms with Crippen molar-refractivity contribution in [1.29, 1.82) is 0 Å². The molecule has 1 heterocycles. The minimum Gasteiger partial charge on any atom is -0.469 e. The van der Waals surface area contributed by atoms with Crippen LogP contribution in [-0.4, -0.2) is 39.0 Å². The molecular formula is C7H12O4. The minimum absolute atomic E-state index is 0.194. The molecular weight excluding hydrogens is 148 g/mol.